The molecule has 4 nitrogen and oxygen atoms in total. The van der Waals surface area contributed by atoms with Crippen LogP contribution < -0.4 is 5.73 Å². The van der Waals surface area contributed by atoms with Crippen molar-refractivity contribution in [2.45, 2.75) is 84.3 Å². The van der Waals surface area contributed by atoms with Crippen LogP contribution in [0.15, 0.2) is 0 Å². The Kier molecular flexibility index (Phi) is 19.7. The summed E-state index contributed by atoms with van der Waals surface area (Å²) in [6, 6.07) is 0.552. The van der Waals surface area contributed by atoms with E-state index in [0.29, 0.717) is 6.04 Å². The lowest BCUT2D eigenvalue weighted by atomic mass is 10.1. The minimum atomic E-state index is -0.0699. The van der Waals surface area contributed by atoms with Crippen molar-refractivity contribution < 1.29 is 10.2 Å². The second-order valence-electron chi connectivity index (χ2n) is 5.47. The van der Waals surface area contributed by atoms with E-state index in [1.807, 2.05) is 13.8 Å². The van der Waals surface area contributed by atoms with Crippen molar-refractivity contribution in [1.82, 2.24) is 4.90 Å². The predicted molar refractivity (Wildman–Crippen MR) is 92.5 cm³/mol. The fraction of sp³-hybridized carbons (Fsp3) is 1.00. The molecule has 0 saturated carbocycles. The summed E-state index contributed by atoms with van der Waals surface area (Å²) < 4.78 is 0. The van der Waals surface area contributed by atoms with E-state index < -0.39 is 0 Å². The van der Waals surface area contributed by atoms with Crippen molar-refractivity contribution in [2.24, 2.45) is 5.73 Å². The monoisotopic (exact) mass is 304 g/mol. The lowest BCUT2D eigenvalue weighted by Gasteiger charge is -2.27. The molecule has 130 valence electrons. The zero-order valence-corrected chi connectivity index (χ0v) is 14.9. The van der Waals surface area contributed by atoms with E-state index >= 15 is 0 Å². The third-order valence-electron chi connectivity index (χ3n) is 3.87. The van der Waals surface area contributed by atoms with Gasteiger partial charge in [0.05, 0.1) is 6.10 Å². The fourth-order valence-corrected chi connectivity index (χ4v) is 2.73. The Hall–Kier alpha value is -0.160. The minimum Gasteiger partial charge on any atom is -0.400 e. The average molecular weight is 305 g/mol. The Labute approximate surface area is 132 Å². The van der Waals surface area contributed by atoms with E-state index in [0.717, 1.165) is 32.9 Å². The Morgan fingerprint density at radius 1 is 1.05 bits per heavy atom. The Bertz CT molecular complexity index is 192. The van der Waals surface area contributed by atoms with E-state index in [4.69, 9.17) is 10.8 Å². The molecule has 4 N–H and O–H groups in total. The average Bonchev–Trinajstić information content (AvgIpc) is 2.68. The van der Waals surface area contributed by atoms with Gasteiger partial charge in [0.1, 0.15) is 0 Å². The van der Waals surface area contributed by atoms with Crippen LogP contribution in [0.4, 0.5) is 0 Å². The number of hydrogen-bond acceptors (Lipinski definition) is 4. The van der Waals surface area contributed by atoms with Crippen molar-refractivity contribution >= 4 is 0 Å². The Morgan fingerprint density at radius 3 is 2.24 bits per heavy atom. The molecule has 1 saturated heterocycles. The summed E-state index contributed by atoms with van der Waals surface area (Å²) in [5.41, 5.74) is 5.48. The SMILES string of the molecule is CC.CC1CC(O)CCCN1CCCCCCCN.CO. The first-order valence-corrected chi connectivity index (χ1v) is 8.81. The molecule has 0 spiro atoms. The van der Waals surface area contributed by atoms with E-state index in [1.54, 1.807) is 0 Å². The van der Waals surface area contributed by atoms with Crippen molar-refractivity contribution in [2.75, 3.05) is 26.7 Å². The van der Waals surface area contributed by atoms with Gasteiger partial charge in [-0.05, 0) is 58.7 Å². The van der Waals surface area contributed by atoms with E-state index in [2.05, 4.69) is 11.8 Å². The van der Waals surface area contributed by atoms with Crippen LogP contribution in [0, 0.1) is 0 Å². The molecule has 1 aliphatic heterocycles. The summed E-state index contributed by atoms with van der Waals surface area (Å²) >= 11 is 0. The van der Waals surface area contributed by atoms with Crippen LogP contribution in [-0.2, 0) is 0 Å². The predicted octanol–water partition coefficient (Wildman–Crippen LogP) is 2.77. The number of aliphatic hydroxyl groups is 2. The molecule has 0 aromatic carbocycles. The van der Waals surface area contributed by atoms with Gasteiger partial charge in [-0.1, -0.05) is 33.1 Å². The summed E-state index contributed by atoms with van der Waals surface area (Å²) in [7, 11) is 1.00. The first-order chi connectivity index (χ1) is 10.2. The molecule has 4 heteroatoms. The van der Waals surface area contributed by atoms with Crippen LogP contribution >= 0.6 is 0 Å². The van der Waals surface area contributed by atoms with Crippen LogP contribution in [0.25, 0.3) is 0 Å². The van der Waals surface area contributed by atoms with Gasteiger partial charge in [0.15, 0.2) is 0 Å². The van der Waals surface area contributed by atoms with Gasteiger partial charge in [-0.25, -0.2) is 0 Å². The van der Waals surface area contributed by atoms with Gasteiger partial charge in [0, 0.05) is 13.2 Å². The van der Waals surface area contributed by atoms with Crippen LogP contribution in [-0.4, -0.2) is 54.0 Å². The molecular weight excluding hydrogens is 264 g/mol. The lowest BCUT2D eigenvalue weighted by molar-refractivity contribution is 0.131. The molecule has 0 aliphatic carbocycles. The molecule has 0 bridgehead atoms. The highest BCUT2D eigenvalue weighted by Crippen LogP contribution is 2.17. The minimum absolute atomic E-state index is 0.0699. The first-order valence-electron chi connectivity index (χ1n) is 8.81. The topological polar surface area (TPSA) is 69.7 Å². The van der Waals surface area contributed by atoms with E-state index in [9.17, 15) is 5.11 Å². The Morgan fingerprint density at radius 2 is 1.62 bits per heavy atom. The zero-order chi connectivity index (χ0) is 16.5. The highest BCUT2D eigenvalue weighted by molar-refractivity contribution is 4.75. The van der Waals surface area contributed by atoms with Gasteiger partial charge in [0.2, 0.25) is 0 Å². The van der Waals surface area contributed by atoms with Gasteiger partial charge in [-0.15, -0.1) is 0 Å². The molecule has 1 fully saturated rings. The van der Waals surface area contributed by atoms with Crippen LogP contribution in [0.2, 0.25) is 0 Å². The third-order valence-corrected chi connectivity index (χ3v) is 3.87. The molecule has 0 aromatic rings. The van der Waals surface area contributed by atoms with Crippen LogP contribution in [0.1, 0.15) is 72.1 Å². The molecule has 2 unspecified atom stereocenters. The highest BCUT2D eigenvalue weighted by Gasteiger charge is 2.20. The molecule has 1 aliphatic rings. The number of unbranched alkanes of at least 4 members (excludes halogenated alkanes) is 4. The standard InChI is InChI=1S/C14H30N2O.C2H6.CH4O/c1-13-12-14(17)8-7-11-16(13)10-6-4-2-3-5-9-15;2*1-2/h13-14,17H,2-12,15H2,1H3;1-2H3;2H,1H3. The molecule has 0 radical (unpaired) electrons. The van der Waals surface area contributed by atoms with Crippen molar-refractivity contribution in [3.8, 4) is 0 Å². The van der Waals surface area contributed by atoms with E-state index in [1.165, 1.54) is 45.2 Å². The molecule has 21 heavy (non-hydrogen) atoms. The summed E-state index contributed by atoms with van der Waals surface area (Å²) in [4.78, 5) is 2.55. The number of nitrogens with zero attached hydrogens (tertiary/aromatic N) is 1. The summed E-state index contributed by atoms with van der Waals surface area (Å²) in [6.45, 7) is 9.46. The van der Waals surface area contributed by atoms with Gasteiger partial charge in [-0.2, -0.15) is 0 Å². The van der Waals surface area contributed by atoms with Crippen molar-refractivity contribution in [3.05, 3.63) is 0 Å². The summed E-state index contributed by atoms with van der Waals surface area (Å²) in [5.74, 6) is 0. The number of rotatable bonds is 7. The van der Waals surface area contributed by atoms with Gasteiger partial charge in [0.25, 0.3) is 0 Å². The molecule has 0 amide bonds. The number of nitrogens with two attached hydrogens (primary N) is 1. The Balaban J connectivity index is 0. The maximum Gasteiger partial charge on any atom is 0.0555 e. The van der Waals surface area contributed by atoms with Gasteiger partial charge in [-0.3, -0.25) is 0 Å². The molecule has 1 rings (SSSR count). The smallest absolute Gasteiger partial charge is 0.0555 e. The van der Waals surface area contributed by atoms with Gasteiger partial charge < -0.3 is 20.8 Å². The number of likely N-dealkylation sites (tertiary alicyclic amines) is 1. The van der Waals surface area contributed by atoms with Crippen molar-refractivity contribution in [3.63, 3.8) is 0 Å². The largest absolute Gasteiger partial charge is 0.400 e. The molecule has 1 heterocycles. The highest BCUT2D eigenvalue weighted by atomic mass is 16.3. The summed E-state index contributed by atoms with van der Waals surface area (Å²) in [5, 5.41) is 16.7. The quantitative estimate of drug-likeness (QED) is 0.633. The molecular formula is C17H40N2O2. The lowest BCUT2D eigenvalue weighted by Crippen LogP contribution is -2.34. The first kappa shape index (κ1) is 23.1. The van der Waals surface area contributed by atoms with Crippen LogP contribution in [0.5, 0.6) is 0 Å². The maximum absolute atomic E-state index is 9.71. The molecule has 0 aromatic heterocycles. The zero-order valence-electron chi connectivity index (χ0n) is 14.9. The van der Waals surface area contributed by atoms with E-state index in [-0.39, 0.29) is 6.10 Å². The summed E-state index contributed by atoms with van der Waals surface area (Å²) in [6.07, 6.45) is 9.42. The second kappa shape index (κ2) is 17.9. The van der Waals surface area contributed by atoms with Crippen molar-refractivity contribution in [1.29, 1.82) is 0 Å². The van der Waals surface area contributed by atoms with Crippen LogP contribution in [0.3, 0.4) is 0 Å². The van der Waals surface area contributed by atoms with Gasteiger partial charge >= 0.3 is 0 Å². The fourth-order valence-electron chi connectivity index (χ4n) is 2.73. The number of aliphatic hydroxyl groups excluding tert-OH is 2. The number of hydrogen-bond donors (Lipinski definition) is 3. The third kappa shape index (κ3) is 13.2. The molecule has 2 atom stereocenters. The normalized spacial score (nSPS) is 22.4. The second-order valence-corrected chi connectivity index (χ2v) is 5.47. The maximum atomic E-state index is 9.71.